The van der Waals surface area contributed by atoms with E-state index in [0.717, 1.165) is 6.42 Å². The van der Waals surface area contributed by atoms with Crippen LogP contribution in [0.15, 0.2) is 12.3 Å². The van der Waals surface area contributed by atoms with E-state index in [-0.39, 0.29) is 0 Å². The van der Waals surface area contributed by atoms with Crippen LogP contribution in [-0.4, -0.2) is 20.4 Å². The molecular weight excluding hydrogens is 154 g/mol. The van der Waals surface area contributed by atoms with Crippen LogP contribution in [0.4, 0.5) is 0 Å². The Morgan fingerprint density at radius 2 is 2.60 bits per heavy atom. The van der Waals surface area contributed by atoms with Crippen molar-refractivity contribution in [3.05, 3.63) is 12.3 Å². The zero-order valence-electron chi connectivity index (χ0n) is 5.24. The summed E-state index contributed by atoms with van der Waals surface area (Å²) in [4.78, 5) is 2.17. The van der Waals surface area contributed by atoms with Crippen LogP contribution in [0.1, 0.15) is 6.42 Å². The molecule has 5 nitrogen and oxygen atoms in total. The molecule has 6 heteroatoms. The van der Waals surface area contributed by atoms with Gasteiger partial charge in [0.15, 0.2) is 0 Å². The summed E-state index contributed by atoms with van der Waals surface area (Å²) in [6, 6.07) is 0. The molecule has 0 aromatic carbocycles. The van der Waals surface area contributed by atoms with E-state index in [1.165, 1.54) is 5.12 Å². The van der Waals surface area contributed by atoms with Crippen LogP contribution in [0, 0.1) is 0 Å². The summed E-state index contributed by atoms with van der Waals surface area (Å²) in [6.45, 7) is 0.643. The highest BCUT2D eigenvalue weighted by Crippen LogP contribution is 1.91. The van der Waals surface area contributed by atoms with Gasteiger partial charge in [0.25, 0.3) is 0 Å². The van der Waals surface area contributed by atoms with Gasteiger partial charge in [0, 0.05) is 24.0 Å². The molecule has 0 radical (unpaired) electrons. The van der Waals surface area contributed by atoms with E-state index in [1.807, 2.05) is 6.08 Å². The lowest BCUT2D eigenvalue weighted by Gasteiger charge is -2.25. The molecule has 0 aromatic heterocycles. The second-order valence-corrected chi connectivity index (χ2v) is 2.45. The first-order valence-electron chi connectivity index (χ1n) is 2.83. The Morgan fingerprint density at radius 1 is 1.80 bits per heavy atom. The van der Waals surface area contributed by atoms with Crippen LogP contribution in [0.3, 0.4) is 0 Å². The highest BCUT2D eigenvalue weighted by Gasteiger charge is 2.02. The molecule has 0 spiro atoms. The predicted molar refractivity (Wildman–Crippen MR) is 35.7 cm³/mol. The molecule has 0 bridgehead atoms. The molecule has 1 heterocycles. The fourth-order valence-electron chi connectivity index (χ4n) is 0.656. The van der Waals surface area contributed by atoms with Gasteiger partial charge in [-0.25, -0.2) is 0 Å². The molecular formula is C4H8N3O2S-. The highest BCUT2D eigenvalue weighted by atomic mass is 32.2. The highest BCUT2D eigenvalue weighted by molar-refractivity contribution is 7.76. The van der Waals surface area contributed by atoms with Gasteiger partial charge in [-0.15, -0.1) is 5.12 Å². The third-order valence-corrected chi connectivity index (χ3v) is 1.42. The summed E-state index contributed by atoms with van der Waals surface area (Å²) in [5.41, 5.74) is 2.70. The van der Waals surface area contributed by atoms with E-state index < -0.39 is 11.3 Å². The van der Waals surface area contributed by atoms with E-state index in [9.17, 15) is 8.76 Å². The Balaban J connectivity index is 2.28. The zero-order valence-corrected chi connectivity index (χ0v) is 6.06. The van der Waals surface area contributed by atoms with Gasteiger partial charge in [-0.2, -0.15) is 4.83 Å². The van der Waals surface area contributed by atoms with Gasteiger partial charge in [-0.3, -0.25) is 4.21 Å². The van der Waals surface area contributed by atoms with Gasteiger partial charge in [-0.1, -0.05) is 6.08 Å². The summed E-state index contributed by atoms with van der Waals surface area (Å²) < 4.78 is 20.1. The summed E-state index contributed by atoms with van der Waals surface area (Å²) in [7, 11) is 0. The van der Waals surface area contributed by atoms with E-state index in [0.29, 0.717) is 6.54 Å². The lowest BCUT2D eigenvalue weighted by Crippen LogP contribution is -2.48. The largest absolute Gasteiger partial charge is 0.759 e. The average Bonchev–Trinajstić information content (AvgIpc) is 1.88. The molecule has 0 fully saturated rings. The molecule has 0 amide bonds. The van der Waals surface area contributed by atoms with Gasteiger partial charge in [0.2, 0.25) is 0 Å². The van der Waals surface area contributed by atoms with Crippen LogP contribution in [0.5, 0.6) is 0 Å². The first kappa shape index (κ1) is 7.67. The molecule has 1 rings (SSSR count). The summed E-state index contributed by atoms with van der Waals surface area (Å²) in [5, 5.41) is 1.39. The van der Waals surface area contributed by atoms with Crippen molar-refractivity contribution in [2.24, 2.45) is 0 Å². The molecule has 2 N–H and O–H groups in total. The summed E-state index contributed by atoms with van der Waals surface area (Å²) >= 11 is -2.23. The van der Waals surface area contributed by atoms with Gasteiger partial charge >= 0.3 is 0 Å². The van der Waals surface area contributed by atoms with Crippen LogP contribution >= 0.6 is 0 Å². The lowest BCUT2D eigenvalue weighted by molar-refractivity contribution is 0.181. The molecule has 0 saturated heterocycles. The quantitative estimate of drug-likeness (QED) is 0.511. The first-order chi connectivity index (χ1) is 4.79. The van der Waals surface area contributed by atoms with Crippen molar-refractivity contribution < 1.29 is 8.76 Å². The van der Waals surface area contributed by atoms with Crippen LogP contribution in [0.2, 0.25) is 0 Å². The van der Waals surface area contributed by atoms with Crippen molar-refractivity contribution in [3.8, 4) is 0 Å². The van der Waals surface area contributed by atoms with Crippen LogP contribution in [-0.2, 0) is 11.3 Å². The maximum atomic E-state index is 10.1. The van der Waals surface area contributed by atoms with Crippen LogP contribution in [0.25, 0.3) is 0 Å². The summed E-state index contributed by atoms with van der Waals surface area (Å²) in [6.07, 6.45) is 4.45. The Labute approximate surface area is 61.5 Å². The average molecular weight is 162 g/mol. The van der Waals surface area contributed by atoms with Gasteiger partial charge in [0.05, 0.1) is 0 Å². The minimum absolute atomic E-state index is 0.643. The molecule has 0 aromatic rings. The molecule has 0 saturated carbocycles. The number of hydrogen-bond donors (Lipinski definition) is 2. The second-order valence-electron chi connectivity index (χ2n) is 1.80. The molecule has 10 heavy (non-hydrogen) atoms. The molecule has 58 valence electrons. The van der Waals surface area contributed by atoms with E-state index >= 15 is 0 Å². The fraction of sp³-hybridized carbons (Fsp3) is 0.500. The predicted octanol–water partition coefficient (Wildman–Crippen LogP) is -0.991. The maximum absolute atomic E-state index is 10.1. The minimum atomic E-state index is -2.23. The monoisotopic (exact) mass is 162 g/mol. The van der Waals surface area contributed by atoms with Crippen molar-refractivity contribution in [2.75, 3.05) is 6.54 Å². The van der Waals surface area contributed by atoms with Gasteiger partial charge in [0.1, 0.15) is 0 Å². The number of hydrazine groups is 2. The first-order valence-corrected chi connectivity index (χ1v) is 3.91. The molecule has 0 aliphatic carbocycles. The van der Waals surface area contributed by atoms with E-state index in [4.69, 9.17) is 0 Å². The van der Waals surface area contributed by atoms with Crippen molar-refractivity contribution in [3.63, 3.8) is 0 Å². The molecule has 1 aliphatic rings. The Bertz CT molecular complexity index is 161. The normalized spacial score (nSPS) is 22.1. The summed E-state index contributed by atoms with van der Waals surface area (Å²) in [5.74, 6) is 0. The topological polar surface area (TPSA) is 67.4 Å². The Hall–Kier alpha value is -0.430. The SMILES string of the molecule is O=S([O-])NN1CCC=CN1. The number of rotatable bonds is 2. The van der Waals surface area contributed by atoms with Crippen LogP contribution < -0.4 is 10.3 Å². The number of nitrogens with zero attached hydrogens (tertiary/aromatic N) is 1. The lowest BCUT2D eigenvalue weighted by atomic mass is 10.4. The smallest absolute Gasteiger partial charge is 0.0382 e. The molecule has 1 atom stereocenters. The molecule has 1 unspecified atom stereocenters. The van der Waals surface area contributed by atoms with Crippen molar-refractivity contribution in [1.82, 2.24) is 15.4 Å². The van der Waals surface area contributed by atoms with E-state index in [1.54, 1.807) is 6.20 Å². The van der Waals surface area contributed by atoms with Gasteiger partial charge < -0.3 is 9.98 Å². The van der Waals surface area contributed by atoms with Crippen molar-refractivity contribution in [2.45, 2.75) is 6.42 Å². The van der Waals surface area contributed by atoms with Gasteiger partial charge in [-0.05, 0) is 6.42 Å². The third kappa shape index (κ3) is 2.44. The number of nitrogens with one attached hydrogen (secondary N) is 2. The second kappa shape index (κ2) is 3.67. The van der Waals surface area contributed by atoms with Crippen molar-refractivity contribution in [1.29, 1.82) is 0 Å². The van der Waals surface area contributed by atoms with E-state index in [2.05, 4.69) is 10.3 Å². The Kier molecular flexibility index (Phi) is 2.82. The van der Waals surface area contributed by atoms with Crippen molar-refractivity contribution >= 4 is 11.3 Å². The zero-order chi connectivity index (χ0) is 7.40. The molecule has 1 aliphatic heterocycles. The standard InChI is InChI=1S/C4H9N3O2S/c8-10(9)6-7-4-2-1-3-5-7/h1,3,5-6H,2,4H2,(H,8,9)/p-1. The maximum Gasteiger partial charge on any atom is 0.0382 e. The minimum Gasteiger partial charge on any atom is -0.759 e. The fourth-order valence-corrected chi connectivity index (χ4v) is 0.980. The number of hydrogen-bond acceptors (Lipinski definition) is 4. The Morgan fingerprint density at radius 3 is 3.10 bits per heavy atom. The third-order valence-electron chi connectivity index (χ3n) is 1.05.